The van der Waals surface area contributed by atoms with Crippen molar-refractivity contribution in [2.24, 2.45) is 0 Å². The van der Waals surface area contributed by atoms with Crippen molar-refractivity contribution in [1.29, 1.82) is 0 Å². The van der Waals surface area contributed by atoms with E-state index in [1.54, 1.807) is 21.3 Å². The van der Waals surface area contributed by atoms with E-state index < -0.39 is 0 Å². The lowest BCUT2D eigenvalue weighted by atomic mass is 9.95. The van der Waals surface area contributed by atoms with Gasteiger partial charge in [0.1, 0.15) is 5.75 Å². The second-order valence-electron chi connectivity index (χ2n) is 8.08. The first-order valence-electron chi connectivity index (χ1n) is 10.5. The zero-order valence-corrected chi connectivity index (χ0v) is 17.8. The van der Waals surface area contributed by atoms with Crippen molar-refractivity contribution in [3.63, 3.8) is 0 Å². The minimum Gasteiger partial charge on any atom is -0.497 e. The number of hydrogen-bond donors (Lipinski definition) is 0. The second kappa shape index (κ2) is 9.06. The quantitative estimate of drug-likeness (QED) is 0.743. The smallest absolute Gasteiger partial charge is 0.161 e. The number of rotatable bonds is 6. The maximum absolute atomic E-state index is 5.52. The van der Waals surface area contributed by atoms with Crippen LogP contribution < -0.4 is 14.2 Å². The van der Waals surface area contributed by atoms with E-state index in [-0.39, 0.29) is 0 Å². The van der Waals surface area contributed by atoms with Gasteiger partial charge in [0.05, 0.1) is 21.3 Å². The number of likely N-dealkylation sites (tertiary alicyclic amines) is 1. The van der Waals surface area contributed by atoms with Crippen LogP contribution in [0.25, 0.3) is 0 Å². The van der Waals surface area contributed by atoms with Crippen molar-refractivity contribution in [2.75, 3.05) is 41.0 Å². The monoisotopic (exact) mass is 396 g/mol. The Hall–Kier alpha value is -2.24. The fourth-order valence-electron chi connectivity index (χ4n) is 4.68. The summed E-state index contributed by atoms with van der Waals surface area (Å²) >= 11 is 0. The average Bonchev–Trinajstić information content (AvgIpc) is 2.78. The lowest BCUT2D eigenvalue weighted by Gasteiger charge is -2.41. The van der Waals surface area contributed by atoms with Crippen LogP contribution in [0.15, 0.2) is 36.4 Å². The zero-order chi connectivity index (χ0) is 20.2. The van der Waals surface area contributed by atoms with Gasteiger partial charge in [0.15, 0.2) is 11.5 Å². The summed E-state index contributed by atoms with van der Waals surface area (Å²) in [4.78, 5) is 5.26. The molecule has 1 fully saturated rings. The molecule has 2 aliphatic heterocycles. The van der Waals surface area contributed by atoms with Gasteiger partial charge in [-0.15, -0.1) is 0 Å². The molecule has 2 aromatic rings. The van der Waals surface area contributed by atoms with E-state index in [4.69, 9.17) is 14.2 Å². The highest BCUT2D eigenvalue weighted by atomic mass is 16.5. The second-order valence-corrected chi connectivity index (χ2v) is 8.08. The fourth-order valence-corrected chi connectivity index (χ4v) is 4.68. The van der Waals surface area contributed by atoms with E-state index in [2.05, 4.69) is 46.2 Å². The van der Waals surface area contributed by atoms with E-state index >= 15 is 0 Å². The number of hydrogen-bond acceptors (Lipinski definition) is 5. The molecule has 0 amide bonds. The summed E-state index contributed by atoms with van der Waals surface area (Å²) in [6.07, 6.45) is 3.61. The number of benzene rings is 2. The van der Waals surface area contributed by atoms with Crippen LogP contribution in [0.5, 0.6) is 17.2 Å². The van der Waals surface area contributed by atoms with Crippen molar-refractivity contribution < 1.29 is 14.2 Å². The largest absolute Gasteiger partial charge is 0.497 e. The van der Waals surface area contributed by atoms with Gasteiger partial charge in [0.2, 0.25) is 0 Å². The van der Waals surface area contributed by atoms with Crippen LogP contribution in [-0.4, -0.2) is 56.8 Å². The molecule has 2 aromatic carbocycles. The van der Waals surface area contributed by atoms with Crippen molar-refractivity contribution >= 4 is 0 Å². The van der Waals surface area contributed by atoms with E-state index in [0.717, 1.165) is 49.8 Å². The number of methoxy groups -OCH3 is 3. The number of fused-ring (bicyclic) bond motifs is 1. The van der Waals surface area contributed by atoms with E-state index in [1.807, 2.05) is 0 Å². The van der Waals surface area contributed by atoms with Crippen molar-refractivity contribution in [3.05, 3.63) is 53.1 Å². The molecule has 5 heteroatoms. The summed E-state index contributed by atoms with van der Waals surface area (Å²) in [7, 11) is 5.13. The third-order valence-electron chi connectivity index (χ3n) is 6.31. The minimum atomic E-state index is 0.614. The molecule has 29 heavy (non-hydrogen) atoms. The van der Waals surface area contributed by atoms with Crippen LogP contribution in [0.4, 0.5) is 0 Å². The molecule has 0 saturated carbocycles. The third kappa shape index (κ3) is 4.51. The van der Waals surface area contributed by atoms with Gasteiger partial charge < -0.3 is 14.2 Å². The first-order valence-corrected chi connectivity index (χ1v) is 10.5. The molecular formula is C24H32N2O3. The Labute approximate surface area is 174 Å². The summed E-state index contributed by atoms with van der Waals surface area (Å²) in [5, 5.41) is 0. The zero-order valence-electron chi connectivity index (χ0n) is 17.8. The van der Waals surface area contributed by atoms with Crippen LogP contribution >= 0.6 is 0 Å². The summed E-state index contributed by atoms with van der Waals surface area (Å²) in [6, 6.07) is 13.4. The Morgan fingerprint density at radius 1 is 0.897 bits per heavy atom. The molecule has 1 unspecified atom stereocenters. The van der Waals surface area contributed by atoms with Gasteiger partial charge in [-0.2, -0.15) is 0 Å². The Kier molecular flexibility index (Phi) is 6.26. The molecule has 0 bridgehead atoms. The molecule has 2 aliphatic rings. The van der Waals surface area contributed by atoms with E-state index in [1.165, 1.54) is 36.1 Å². The van der Waals surface area contributed by atoms with Gasteiger partial charge in [-0.3, -0.25) is 9.80 Å². The number of piperidine rings is 1. The molecule has 1 saturated heterocycles. The molecular weight excluding hydrogens is 364 g/mol. The van der Waals surface area contributed by atoms with Crippen LogP contribution in [0.3, 0.4) is 0 Å². The Bertz CT molecular complexity index is 822. The molecule has 0 radical (unpaired) electrons. The molecule has 4 rings (SSSR count). The number of nitrogens with zero attached hydrogens (tertiary/aromatic N) is 2. The summed E-state index contributed by atoms with van der Waals surface area (Å²) in [5.41, 5.74) is 4.12. The first-order chi connectivity index (χ1) is 14.2. The molecule has 0 aliphatic carbocycles. The maximum atomic E-state index is 5.52. The molecule has 156 valence electrons. The summed E-state index contributed by atoms with van der Waals surface area (Å²) in [5.74, 6) is 2.59. The molecule has 0 spiro atoms. The molecule has 0 aromatic heterocycles. The summed E-state index contributed by atoms with van der Waals surface area (Å²) in [6.45, 7) is 5.43. The van der Waals surface area contributed by atoms with Gasteiger partial charge >= 0.3 is 0 Å². The molecule has 1 atom stereocenters. The predicted octanol–water partition coefficient (Wildman–Crippen LogP) is 3.74. The Morgan fingerprint density at radius 2 is 1.62 bits per heavy atom. The van der Waals surface area contributed by atoms with Crippen LogP contribution in [0.2, 0.25) is 0 Å². The predicted molar refractivity (Wildman–Crippen MR) is 115 cm³/mol. The average molecular weight is 397 g/mol. The van der Waals surface area contributed by atoms with Crippen LogP contribution in [-0.2, 0) is 19.5 Å². The lowest BCUT2D eigenvalue weighted by Crippen LogP contribution is -2.49. The van der Waals surface area contributed by atoms with Crippen molar-refractivity contribution in [1.82, 2.24) is 9.80 Å². The SMILES string of the molecule is COc1ccc(CN2CCCC(N3CCc4cc(OC)c(OC)cc4C3)C2)cc1. The van der Waals surface area contributed by atoms with Crippen molar-refractivity contribution in [3.8, 4) is 17.2 Å². The highest BCUT2D eigenvalue weighted by molar-refractivity contribution is 5.48. The normalized spacial score (nSPS) is 20.2. The summed E-state index contributed by atoms with van der Waals surface area (Å²) < 4.78 is 16.3. The molecule has 2 heterocycles. The number of ether oxygens (including phenoxy) is 3. The van der Waals surface area contributed by atoms with E-state index in [9.17, 15) is 0 Å². The Balaban J connectivity index is 1.41. The Morgan fingerprint density at radius 3 is 2.31 bits per heavy atom. The van der Waals surface area contributed by atoms with Gasteiger partial charge in [0.25, 0.3) is 0 Å². The van der Waals surface area contributed by atoms with Crippen LogP contribution in [0, 0.1) is 0 Å². The van der Waals surface area contributed by atoms with Crippen LogP contribution in [0.1, 0.15) is 29.5 Å². The van der Waals surface area contributed by atoms with E-state index in [0.29, 0.717) is 6.04 Å². The lowest BCUT2D eigenvalue weighted by molar-refractivity contribution is 0.0837. The fraction of sp³-hybridized carbons (Fsp3) is 0.500. The van der Waals surface area contributed by atoms with Gasteiger partial charge in [-0.1, -0.05) is 12.1 Å². The van der Waals surface area contributed by atoms with Gasteiger partial charge in [0, 0.05) is 32.2 Å². The van der Waals surface area contributed by atoms with Crippen molar-refractivity contribution in [2.45, 2.75) is 38.4 Å². The highest BCUT2D eigenvalue weighted by Gasteiger charge is 2.28. The van der Waals surface area contributed by atoms with Gasteiger partial charge in [-0.25, -0.2) is 0 Å². The molecule has 0 N–H and O–H groups in total. The third-order valence-corrected chi connectivity index (χ3v) is 6.31. The maximum Gasteiger partial charge on any atom is 0.161 e. The van der Waals surface area contributed by atoms with Gasteiger partial charge in [-0.05, 0) is 66.8 Å². The molecule has 5 nitrogen and oxygen atoms in total. The topological polar surface area (TPSA) is 34.2 Å². The highest BCUT2D eigenvalue weighted by Crippen LogP contribution is 2.34. The first kappa shape index (κ1) is 20.0. The minimum absolute atomic E-state index is 0.614. The standard InChI is InChI=1S/C24H32N2O3/c1-27-22-8-6-18(7-9-22)15-25-11-4-5-21(17-25)26-12-10-19-13-23(28-2)24(29-3)14-20(19)16-26/h6-9,13-14,21H,4-5,10-12,15-17H2,1-3H3.